The predicted octanol–water partition coefficient (Wildman–Crippen LogP) is 1.39. The molecule has 0 aliphatic heterocycles. The maximum atomic E-state index is 13.6. The Labute approximate surface area is 119 Å². The van der Waals surface area contributed by atoms with Gasteiger partial charge in [0.05, 0.1) is 6.04 Å². The summed E-state index contributed by atoms with van der Waals surface area (Å²) in [6.07, 6.45) is 0. The Hall–Kier alpha value is -0.990. The van der Waals surface area contributed by atoms with E-state index >= 15 is 0 Å². The minimum absolute atomic E-state index is 0.386. The first-order valence-electron chi connectivity index (χ1n) is 5.53. The van der Waals surface area contributed by atoms with Crippen LogP contribution in [0, 0.1) is 5.82 Å². The average molecular weight is 353 g/mol. The van der Waals surface area contributed by atoms with E-state index in [0.717, 1.165) is 12.1 Å². The lowest BCUT2D eigenvalue weighted by atomic mass is 10.3. The van der Waals surface area contributed by atoms with Crippen molar-refractivity contribution in [1.29, 1.82) is 0 Å². The van der Waals surface area contributed by atoms with Crippen LogP contribution in [0.25, 0.3) is 0 Å². The van der Waals surface area contributed by atoms with E-state index in [9.17, 15) is 17.6 Å². The number of hydrogen-bond donors (Lipinski definition) is 2. The monoisotopic (exact) mass is 352 g/mol. The Bertz CT molecular complexity index is 577. The molecule has 0 bridgehead atoms. The van der Waals surface area contributed by atoms with Crippen LogP contribution in [0.5, 0.6) is 0 Å². The first kappa shape index (κ1) is 16.1. The lowest BCUT2D eigenvalue weighted by Crippen LogP contribution is -2.44. The fourth-order valence-corrected chi connectivity index (χ4v) is 2.97. The molecule has 5 nitrogen and oxygen atoms in total. The predicted molar refractivity (Wildman–Crippen MR) is 72.6 cm³/mol. The maximum Gasteiger partial charge on any atom is 0.244 e. The maximum absolute atomic E-state index is 13.6. The highest BCUT2D eigenvalue weighted by molar-refractivity contribution is 9.10. The van der Waals surface area contributed by atoms with E-state index in [-0.39, 0.29) is 0 Å². The van der Waals surface area contributed by atoms with Gasteiger partial charge in [-0.25, -0.2) is 12.8 Å². The smallest absolute Gasteiger partial charge is 0.244 e. The van der Waals surface area contributed by atoms with Gasteiger partial charge in [-0.05, 0) is 32.0 Å². The summed E-state index contributed by atoms with van der Waals surface area (Å²) in [5.41, 5.74) is 0. The van der Waals surface area contributed by atoms with E-state index in [4.69, 9.17) is 0 Å². The van der Waals surface area contributed by atoms with Gasteiger partial charge < -0.3 is 5.32 Å². The zero-order valence-corrected chi connectivity index (χ0v) is 12.8. The van der Waals surface area contributed by atoms with Crippen LogP contribution in [0.15, 0.2) is 27.6 Å². The molecule has 0 aliphatic carbocycles. The van der Waals surface area contributed by atoms with Gasteiger partial charge in [0.15, 0.2) is 0 Å². The Balaban J connectivity index is 2.95. The second-order valence-electron chi connectivity index (χ2n) is 3.81. The molecule has 106 valence electrons. The number of rotatable bonds is 5. The molecule has 0 spiro atoms. The van der Waals surface area contributed by atoms with Crippen LogP contribution in [-0.4, -0.2) is 26.9 Å². The minimum Gasteiger partial charge on any atom is -0.355 e. The molecule has 0 radical (unpaired) electrons. The van der Waals surface area contributed by atoms with E-state index in [1.165, 1.54) is 13.0 Å². The van der Waals surface area contributed by atoms with Crippen LogP contribution in [0.2, 0.25) is 0 Å². The van der Waals surface area contributed by atoms with E-state index in [1.807, 2.05) is 0 Å². The molecule has 1 atom stereocenters. The van der Waals surface area contributed by atoms with Crippen LogP contribution in [-0.2, 0) is 14.8 Å². The van der Waals surface area contributed by atoms with Gasteiger partial charge in [-0.2, -0.15) is 4.72 Å². The van der Waals surface area contributed by atoms with Gasteiger partial charge >= 0.3 is 0 Å². The molecule has 0 saturated carbocycles. The second-order valence-corrected chi connectivity index (χ2v) is 6.41. The number of carbonyl (C=O) groups excluding carboxylic acids is 1. The highest BCUT2D eigenvalue weighted by atomic mass is 79.9. The summed E-state index contributed by atoms with van der Waals surface area (Å²) in [4.78, 5) is 11.0. The summed E-state index contributed by atoms with van der Waals surface area (Å²) in [7, 11) is -4.08. The number of halogens is 2. The third kappa shape index (κ3) is 4.26. The van der Waals surface area contributed by atoms with Crippen LogP contribution < -0.4 is 10.0 Å². The van der Waals surface area contributed by atoms with Crippen molar-refractivity contribution >= 4 is 31.9 Å². The molecule has 1 rings (SSSR count). The lowest BCUT2D eigenvalue weighted by molar-refractivity contribution is -0.122. The fourth-order valence-electron chi connectivity index (χ4n) is 1.37. The van der Waals surface area contributed by atoms with Crippen molar-refractivity contribution in [1.82, 2.24) is 10.0 Å². The van der Waals surface area contributed by atoms with Crippen molar-refractivity contribution in [3.05, 3.63) is 28.5 Å². The fraction of sp³-hybridized carbons (Fsp3) is 0.364. The Morgan fingerprint density at radius 1 is 1.47 bits per heavy atom. The Morgan fingerprint density at radius 2 is 2.11 bits per heavy atom. The molecule has 0 fully saturated rings. The lowest BCUT2D eigenvalue weighted by Gasteiger charge is -2.14. The summed E-state index contributed by atoms with van der Waals surface area (Å²) in [6.45, 7) is 3.49. The van der Waals surface area contributed by atoms with Gasteiger partial charge in [0, 0.05) is 11.0 Å². The summed E-state index contributed by atoms with van der Waals surface area (Å²) in [5.74, 6) is -1.35. The summed E-state index contributed by atoms with van der Waals surface area (Å²) in [6, 6.07) is 2.61. The molecule has 0 aliphatic rings. The van der Waals surface area contributed by atoms with Gasteiger partial charge in [0.2, 0.25) is 15.9 Å². The zero-order valence-electron chi connectivity index (χ0n) is 10.4. The SMILES string of the molecule is CCNC(=O)C(C)NS(=O)(=O)c1ccc(Br)cc1F. The number of likely N-dealkylation sites (N-methyl/N-ethyl adjacent to an activating group) is 1. The molecule has 1 amide bonds. The molecule has 1 unspecified atom stereocenters. The first-order valence-corrected chi connectivity index (χ1v) is 7.80. The van der Waals surface area contributed by atoms with E-state index in [0.29, 0.717) is 11.0 Å². The number of carbonyl (C=O) groups is 1. The normalized spacial score (nSPS) is 13.1. The van der Waals surface area contributed by atoms with Crippen molar-refractivity contribution in [3.8, 4) is 0 Å². The van der Waals surface area contributed by atoms with Crippen LogP contribution >= 0.6 is 15.9 Å². The standard InChI is InChI=1S/C11H14BrFN2O3S/c1-3-14-11(16)7(2)15-19(17,18)10-5-4-8(12)6-9(10)13/h4-7,15H,3H2,1-2H3,(H,14,16). The third-order valence-corrected chi connectivity index (χ3v) is 4.33. The van der Waals surface area contributed by atoms with Crippen LogP contribution in [0.3, 0.4) is 0 Å². The molecule has 0 saturated heterocycles. The molecular formula is C11H14BrFN2O3S. The van der Waals surface area contributed by atoms with Gasteiger partial charge in [-0.3, -0.25) is 4.79 Å². The topological polar surface area (TPSA) is 75.3 Å². The highest BCUT2D eigenvalue weighted by Crippen LogP contribution is 2.19. The van der Waals surface area contributed by atoms with Crippen LogP contribution in [0.4, 0.5) is 4.39 Å². The summed E-state index contributed by atoms with van der Waals surface area (Å²) >= 11 is 3.04. The van der Waals surface area contributed by atoms with Crippen LogP contribution in [0.1, 0.15) is 13.8 Å². The van der Waals surface area contributed by atoms with E-state index in [2.05, 4.69) is 26.0 Å². The first-order chi connectivity index (χ1) is 8.77. The molecular weight excluding hydrogens is 339 g/mol. The van der Waals surface area contributed by atoms with Crippen molar-refractivity contribution in [3.63, 3.8) is 0 Å². The Kier molecular flexibility index (Phi) is 5.45. The van der Waals surface area contributed by atoms with Gasteiger partial charge in [-0.15, -0.1) is 0 Å². The second kappa shape index (κ2) is 6.44. The van der Waals surface area contributed by atoms with Crippen molar-refractivity contribution in [2.75, 3.05) is 6.54 Å². The summed E-state index contributed by atoms with van der Waals surface area (Å²) < 4.78 is 40.0. The molecule has 1 aromatic rings. The quantitative estimate of drug-likeness (QED) is 0.840. The molecule has 8 heteroatoms. The number of nitrogens with one attached hydrogen (secondary N) is 2. The summed E-state index contributed by atoms with van der Waals surface area (Å²) in [5, 5.41) is 2.48. The molecule has 19 heavy (non-hydrogen) atoms. The number of benzene rings is 1. The number of amides is 1. The van der Waals surface area contributed by atoms with E-state index < -0.39 is 32.7 Å². The van der Waals surface area contributed by atoms with Gasteiger partial charge in [-0.1, -0.05) is 15.9 Å². The molecule has 0 aromatic heterocycles. The van der Waals surface area contributed by atoms with Gasteiger partial charge in [0.1, 0.15) is 10.7 Å². The highest BCUT2D eigenvalue weighted by Gasteiger charge is 2.24. The van der Waals surface area contributed by atoms with Gasteiger partial charge in [0.25, 0.3) is 0 Å². The zero-order chi connectivity index (χ0) is 14.6. The third-order valence-electron chi connectivity index (χ3n) is 2.26. The average Bonchev–Trinajstić information content (AvgIpc) is 2.27. The molecule has 2 N–H and O–H groups in total. The number of sulfonamides is 1. The molecule has 1 aromatic carbocycles. The van der Waals surface area contributed by atoms with Crippen molar-refractivity contribution in [2.45, 2.75) is 24.8 Å². The van der Waals surface area contributed by atoms with E-state index in [1.54, 1.807) is 6.92 Å². The van der Waals surface area contributed by atoms with Crippen molar-refractivity contribution < 1.29 is 17.6 Å². The largest absolute Gasteiger partial charge is 0.355 e. The number of hydrogen-bond acceptors (Lipinski definition) is 3. The minimum atomic E-state index is -4.08. The molecule has 0 heterocycles. The Morgan fingerprint density at radius 3 is 2.63 bits per heavy atom. The van der Waals surface area contributed by atoms with Crippen molar-refractivity contribution in [2.24, 2.45) is 0 Å².